The second kappa shape index (κ2) is 10.7. The minimum absolute atomic E-state index is 0.0749. The Labute approximate surface area is 185 Å². The lowest BCUT2D eigenvalue weighted by Crippen LogP contribution is -2.41. The molecule has 0 saturated carbocycles. The standard InChI is InChI=1S/C24H25NO5S/c1-16-19(14-22(30-16)23(26)25-21(24(27)28)12-13-31-2)15-29-20-10-8-18(9-11-20)17-6-4-3-5-7-17/h3-11,14,21H,12-13,15H2,1-2H3,(H,25,26)(H,27,28)/t21-/m0/s1. The summed E-state index contributed by atoms with van der Waals surface area (Å²) in [5, 5.41) is 11.8. The lowest BCUT2D eigenvalue weighted by molar-refractivity contribution is -0.139. The molecule has 3 aromatic rings. The number of furan rings is 1. The fourth-order valence-corrected chi connectivity index (χ4v) is 3.50. The molecule has 162 valence electrons. The Morgan fingerprint density at radius 2 is 1.77 bits per heavy atom. The molecular weight excluding hydrogens is 414 g/mol. The van der Waals surface area contributed by atoms with Crippen LogP contribution in [0.3, 0.4) is 0 Å². The van der Waals surface area contributed by atoms with E-state index in [-0.39, 0.29) is 12.4 Å². The first-order valence-electron chi connectivity index (χ1n) is 9.88. The molecule has 0 fully saturated rings. The Kier molecular flexibility index (Phi) is 7.78. The van der Waals surface area contributed by atoms with Crippen molar-refractivity contribution >= 4 is 23.6 Å². The molecule has 1 atom stereocenters. The second-order valence-electron chi connectivity index (χ2n) is 7.02. The van der Waals surface area contributed by atoms with Crippen LogP contribution in [0.2, 0.25) is 0 Å². The van der Waals surface area contributed by atoms with Gasteiger partial charge in [0.25, 0.3) is 5.91 Å². The van der Waals surface area contributed by atoms with E-state index in [2.05, 4.69) is 5.32 Å². The van der Waals surface area contributed by atoms with Crippen molar-refractivity contribution < 1.29 is 23.8 Å². The summed E-state index contributed by atoms with van der Waals surface area (Å²) in [5.41, 5.74) is 2.96. The second-order valence-corrected chi connectivity index (χ2v) is 8.00. The summed E-state index contributed by atoms with van der Waals surface area (Å²) < 4.78 is 11.4. The van der Waals surface area contributed by atoms with E-state index < -0.39 is 17.9 Å². The molecule has 0 saturated heterocycles. The normalized spacial score (nSPS) is 11.7. The van der Waals surface area contributed by atoms with Gasteiger partial charge in [0.1, 0.15) is 24.2 Å². The van der Waals surface area contributed by atoms with Gasteiger partial charge in [0, 0.05) is 5.56 Å². The lowest BCUT2D eigenvalue weighted by Gasteiger charge is -2.12. The molecule has 31 heavy (non-hydrogen) atoms. The van der Waals surface area contributed by atoms with Crippen molar-refractivity contribution in [2.24, 2.45) is 0 Å². The van der Waals surface area contributed by atoms with E-state index in [4.69, 9.17) is 9.15 Å². The Morgan fingerprint density at radius 3 is 2.42 bits per heavy atom. The molecule has 2 N–H and O–H groups in total. The number of rotatable bonds is 10. The minimum Gasteiger partial charge on any atom is -0.489 e. The highest BCUT2D eigenvalue weighted by Gasteiger charge is 2.23. The molecule has 7 heteroatoms. The number of carbonyl (C=O) groups is 2. The number of amides is 1. The topological polar surface area (TPSA) is 88.8 Å². The first kappa shape index (κ1) is 22.5. The largest absolute Gasteiger partial charge is 0.489 e. The molecule has 0 aliphatic heterocycles. The van der Waals surface area contributed by atoms with E-state index in [0.717, 1.165) is 16.7 Å². The summed E-state index contributed by atoms with van der Waals surface area (Å²) >= 11 is 1.53. The summed E-state index contributed by atoms with van der Waals surface area (Å²) in [7, 11) is 0. The molecule has 0 aliphatic rings. The van der Waals surface area contributed by atoms with Gasteiger partial charge in [-0.05, 0) is 54.7 Å². The quantitative estimate of drug-likeness (QED) is 0.473. The van der Waals surface area contributed by atoms with E-state index in [1.54, 1.807) is 13.0 Å². The van der Waals surface area contributed by atoms with E-state index in [0.29, 0.717) is 23.7 Å². The summed E-state index contributed by atoms with van der Waals surface area (Å²) in [6.45, 7) is 1.98. The van der Waals surface area contributed by atoms with Crippen LogP contribution < -0.4 is 10.1 Å². The van der Waals surface area contributed by atoms with E-state index in [1.807, 2.05) is 60.9 Å². The number of hydrogen-bond acceptors (Lipinski definition) is 5. The van der Waals surface area contributed by atoms with Crippen molar-refractivity contribution in [1.29, 1.82) is 0 Å². The summed E-state index contributed by atoms with van der Waals surface area (Å²) in [4.78, 5) is 23.8. The van der Waals surface area contributed by atoms with Crippen molar-refractivity contribution in [1.82, 2.24) is 5.32 Å². The van der Waals surface area contributed by atoms with Crippen molar-refractivity contribution in [3.05, 3.63) is 77.7 Å². The zero-order valence-corrected chi connectivity index (χ0v) is 18.3. The third kappa shape index (κ3) is 6.15. The van der Waals surface area contributed by atoms with Gasteiger partial charge < -0.3 is 19.6 Å². The van der Waals surface area contributed by atoms with Gasteiger partial charge in [0.05, 0.1) is 0 Å². The fraction of sp³-hybridized carbons (Fsp3) is 0.250. The van der Waals surface area contributed by atoms with Gasteiger partial charge in [0.15, 0.2) is 5.76 Å². The number of benzene rings is 2. The summed E-state index contributed by atoms with van der Waals surface area (Å²) in [6.07, 6.45) is 2.23. The molecule has 1 heterocycles. The van der Waals surface area contributed by atoms with E-state index in [9.17, 15) is 14.7 Å². The number of carbonyl (C=O) groups excluding carboxylic acids is 1. The third-order valence-corrected chi connectivity index (χ3v) is 5.46. The molecule has 0 bridgehead atoms. The zero-order chi connectivity index (χ0) is 22.2. The predicted molar refractivity (Wildman–Crippen MR) is 122 cm³/mol. The summed E-state index contributed by atoms with van der Waals surface area (Å²) in [6, 6.07) is 18.5. The number of carboxylic acids is 1. The van der Waals surface area contributed by atoms with Crippen LogP contribution in [0.25, 0.3) is 11.1 Å². The van der Waals surface area contributed by atoms with Gasteiger partial charge in [-0.3, -0.25) is 4.79 Å². The number of carboxylic acid groups (broad SMARTS) is 1. The first-order chi connectivity index (χ1) is 15.0. The Morgan fingerprint density at radius 1 is 1.10 bits per heavy atom. The zero-order valence-electron chi connectivity index (χ0n) is 17.5. The van der Waals surface area contributed by atoms with Gasteiger partial charge >= 0.3 is 5.97 Å². The highest BCUT2D eigenvalue weighted by Crippen LogP contribution is 2.23. The average Bonchev–Trinajstić information content (AvgIpc) is 3.16. The maximum Gasteiger partial charge on any atom is 0.326 e. The molecular formula is C24H25NO5S. The van der Waals surface area contributed by atoms with Crippen LogP contribution in [0.4, 0.5) is 0 Å². The maximum absolute atomic E-state index is 12.4. The van der Waals surface area contributed by atoms with Crippen LogP contribution in [0, 0.1) is 6.92 Å². The molecule has 0 aliphatic carbocycles. The molecule has 0 spiro atoms. The van der Waals surface area contributed by atoms with Crippen LogP contribution >= 0.6 is 11.8 Å². The molecule has 2 aromatic carbocycles. The monoisotopic (exact) mass is 439 g/mol. The predicted octanol–water partition coefficient (Wildman–Crippen LogP) is 4.77. The molecule has 1 amide bonds. The minimum atomic E-state index is -1.06. The van der Waals surface area contributed by atoms with Crippen molar-refractivity contribution in [3.8, 4) is 16.9 Å². The maximum atomic E-state index is 12.4. The number of aliphatic carboxylic acids is 1. The molecule has 0 unspecified atom stereocenters. The first-order valence-corrected chi connectivity index (χ1v) is 11.3. The van der Waals surface area contributed by atoms with Gasteiger partial charge in [-0.2, -0.15) is 11.8 Å². The van der Waals surface area contributed by atoms with Crippen molar-refractivity contribution in [2.45, 2.75) is 26.0 Å². The van der Waals surface area contributed by atoms with Crippen LogP contribution in [0.15, 0.2) is 65.1 Å². The smallest absolute Gasteiger partial charge is 0.326 e. The Balaban J connectivity index is 1.60. The highest BCUT2D eigenvalue weighted by molar-refractivity contribution is 7.98. The lowest BCUT2D eigenvalue weighted by atomic mass is 10.1. The van der Waals surface area contributed by atoms with Crippen LogP contribution in [0.1, 0.15) is 28.3 Å². The van der Waals surface area contributed by atoms with Crippen LogP contribution in [-0.2, 0) is 11.4 Å². The molecule has 0 radical (unpaired) electrons. The van der Waals surface area contributed by atoms with E-state index >= 15 is 0 Å². The van der Waals surface area contributed by atoms with Gasteiger partial charge in [-0.15, -0.1) is 0 Å². The van der Waals surface area contributed by atoms with Crippen molar-refractivity contribution in [2.75, 3.05) is 12.0 Å². The number of thioether (sulfide) groups is 1. The SMILES string of the molecule is CSCC[C@H](NC(=O)c1cc(COc2ccc(-c3ccccc3)cc2)c(C)o1)C(=O)O. The van der Waals surface area contributed by atoms with E-state index in [1.165, 1.54) is 11.8 Å². The summed E-state index contributed by atoms with van der Waals surface area (Å²) in [5.74, 6) is 0.363. The van der Waals surface area contributed by atoms with Gasteiger partial charge in [0.2, 0.25) is 0 Å². The average molecular weight is 440 g/mol. The number of hydrogen-bond donors (Lipinski definition) is 2. The van der Waals surface area contributed by atoms with Gasteiger partial charge in [-0.1, -0.05) is 42.5 Å². The molecule has 6 nitrogen and oxygen atoms in total. The van der Waals surface area contributed by atoms with Crippen molar-refractivity contribution in [3.63, 3.8) is 0 Å². The Bertz CT molecular complexity index is 1010. The van der Waals surface area contributed by atoms with Gasteiger partial charge in [-0.25, -0.2) is 4.79 Å². The molecule has 3 rings (SSSR count). The van der Waals surface area contributed by atoms with Crippen LogP contribution in [-0.4, -0.2) is 35.0 Å². The molecule has 1 aromatic heterocycles. The number of aryl methyl sites for hydroxylation is 1. The van der Waals surface area contributed by atoms with Crippen LogP contribution in [0.5, 0.6) is 5.75 Å². The highest BCUT2D eigenvalue weighted by atomic mass is 32.2. The number of ether oxygens (including phenoxy) is 1. The Hall–Kier alpha value is -3.19. The number of nitrogens with one attached hydrogen (secondary N) is 1. The fourth-order valence-electron chi connectivity index (χ4n) is 3.03. The third-order valence-electron chi connectivity index (χ3n) is 4.81.